The summed E-state index contributed by atoms with van der Waals surface area (Å²) in [6.45, 7) is 1.84. The molecule has 4 heteroatoms. The number of fused-ring (bicyclic) bond motifs is 2. The Morgan fingerprint density at radius 3 is 2.83 bits per heavy atom. The van der Waals surface area contributed by atoms with Gasteiger partial charge in [0.25, 0.3) is 0 Å². The second-order valence-corrected chi connectivity index (χ2v) is 7.56. The highest BCUT2D eigenvalue weighted by Crippen LogP contribution is 2.54. The van der Waals surface area contributed by atoms with Crippen LogP contribution in [-0.4, -0.2) is 37.2 Å². The number of hydrazine groups is 1. The Hall–Kier alpha value is -0.870. The molecule has 3 atom stereocenters. The summed E-state index contributed by atoms with van der Waals surface area (Å²) >= 11 is 0. The SMILES string of the molecule is COC(=O)C12CNN3CCCC3CCCCCCCC=CC1C2. The summed E-state index contributed by atoms with van der Waals surface area (Å²) in [4.78, 5) is 12.3. The number of methoxy groups -OCH3 is 1. The van der Waals surface area contributed by atoms with Crippen molar-refractivity contribution < 1.29 is 9.53 Å². The highest BCUT2D eigenvalue weighted by molar-refractivity contribution is 5.81. The molecule has 2 heterocycles. The predicted octanol–water partition coefficient (Wildman–Crippen LogP) is 3.44. The third kappa shape index (κ3) is 3.97. The zero-order valence-corrected chi connectivity index (χ0v) is 14.6. The summed E-state index contributed by atoms with van der Waals surface area (Å²) < 4.78 is 5.10. The summed E-state index contributed by atoms with van der Waals surface area (Å²) in [5.41, 5.74) is 3.28. The van der Waals surface area contributed by atoms with Crippen LogP contribution < -0.4 is 5.43 Å². The molecule has 3 aliphatic rings. The van der Waals surface area contributed by atoms with Crippen LogP contribution in [0.15, 0.2) is 12.2 Å². The van der Waals surface area contributed by atoms with Crippen LogP contribution in [0.2, 0.25) is 0 Å². The van der Waals surface area contributed by atoms with Gasteiger partial charge >= 0.3 is 5.97 Å². The Kier molecular flexibility index (Phi) is 5.76. The molecule has 0 radical (unpaired) electrons. The van der Waals surface area contributed by atoms with Crippen LogP contribution in [0.4, 0.5) is 0 Å². The van der Waals surface area contributed by atoms with Crippen LogP contribution in [0.25, 0.3) is 0 Å². The molecule has 4 nitrogen and oxygen atoms in total. The highest BCUT2D eigenvalue weighted by atomic mass is 16.5. The number of hydrogen-bond acceptors (Lipinski definition) is 4. The first-order valence-corrected chi connectivity index (χ1v) is 9.51. The quantitative estimate of drug-likeness (QED) is 0.594. The van der Waals surface area contributed by atoms with Gasteiger partial charge in [-0.1, -0.05) is 37.8 Å². The fourth-order valence-corrected chi connectivity index (χ4v) is 4.32. The van der Waals surface area contributed by atoms with Crippen LogP contribution in [0.3, 0.4) is 0 Å². The molecule has 1 N–H and O–H groups in total. The molecule has 130 valence electrons. The molecule has 23 heavy (non-hydrogen) atoms. The largest absolute Gasteiger partial charge is 0.469 e. The number of ether oxygens (including phenoxy) is 1. The van der Waals surface area contributed by atoms with Crippen molar-refractivity contribution in [2.24, 2.45) is 11.3 Å². The predicted molar refractivity (Wildman–Crippen MR) is 91.7 cm³/mol. The maximum absolute atomic E-state index is 12.3. The maximum Gasteiger partial charge on any atom is 0.313 e. The van der Waals surface area contributed by atoms with Crippen molar-refractivity contribution in [3.63, 3.8) is 0 Å². The molecule has 0 spiro atoms. The topological polar surface area (TPSA) is 41.6 Å². The zero-order chi connectivity index (χ0) is 16.1. The van der Waals surface area contributed by atoms with E-state index >= 15 is 0 Å². The fourth-order valence-electron chi connectivity index (χ4n) is 4.32. The first-order valence-electron chi connectivity index (χ1n) is 9.51. The number of esters is 1. The Morgan fingerprint density at radius 1 is 1.17 bits per heavy atom. The lowest BCUT2D eigenvalue weighted by Gasteiger charge is -2.27. The second-order valence-electron chi connectivity index (χ2n) is 7.56. The number of nitrogens with zero attached hydrogens (tertiary/aromatic N) is 1. The van der Waals surface area contributed by atoms with Crippen LogP contribution >= 0.6 is 0 Å². The van der Waals surface area contributed by atoms with Gasteiger partial charge in [-0.15, -0.1) is 0 Å². The van der Waals surface area contributed by atoms with Gasteiger partial charge in [0.2, 0.25) is 0 Å². The molecule has 3 unspecified atom stereocenters. The molecule has 0 amide bonds. The number of carbonyl (C=O) groups is 1. The summed E-state index contributed by atoms with van der Waals surface area (Å²) in [5.74, 6) is 0.313. The van der Waals surface area contributed by atoms with E-state index in [-0.39, 0.29) is 11.4 Å². The lowest BCUT2D eigenvalue weighted by atomic mass is 10.0. The molecule has 3 rings (SSSR count). The van der Waals surface area contributed by atoms with E-state index in [9.17, 15) is 4.79 Å². The van der Waals surface area contributed by atoms with Crippen molar-refractivity contribution in [2.75, 3.05) is 20.2 Å². The molecular weight excluding hydrogens is 288 g/mol. The van der Waals surface area contributed by atoms with Gasteiger partial charge in [0.1, 0.15) is 0 Å². The molecule has 1 aliphatic carbocycles. The average Bonchev–Trinajstić information content (AvgIpc) is 3.09. The molecule has 2 aliphatic heterocycles. The van der Waals surface area contributed by atoms with Crippen molar-refractivity contribution in [3.8, 4) is 0 Å². The summed E-state index contributed by atoms with van der Waals surface area (Å²) in [7, 11) is 1.52. The number of allylic oxidation sites excluding steroid dienone is 2. The normalized spacial score (nSPS) is 36.4. The minimum Gasteiger partial charge on any atom is -0.469 e. The standard InChI is InChI=1S/C19H32N2O2/c1-23-18(22)19-14-16(19)10-7-5-3-2-4-6-8-11-17-12-9-13-21(17)20-15-19/h7,10,16-17,20H,2-6,8-9,11-15H2,1H3. The number of hydrogen-bond donors (Lipinski definition) is 1. The Labute approximate surface area is 140 Å². The van der Waals surface area contributed by atoms with Crippen LogP contribution in [0.5, 0.6) is 0 Å². The van der Waals surface area contributed by atoms with Gasteiger partial charge in [0, 0.05) is 19.1 Å². The van der Waals surface area contributed by atoms with Crippen molar-refractivity contribution in [3.05, 3.63) is 12.2 Å². The van der Waals surface area contributed by atoms with E-state index in [0.717, 1.165) is 25.9 Å². The summed E-state index contributed by atoms with van der Waals surface area (Å²) in [5, 5.41) is 2.41. The maximum atomic E-state index is 12.3. The zero-order valence-electron chi connectivity index (χ0n) is 14.6. The van der Waals surface area contributed by atoms with Crippen LogP contribution in [0.1, 0.15) is 64.2 Å². The Bertz CT molecular complexity index is 437. The molecule has 2 fully saturated rings. The van der Waals surface area contributed by atoms with E-state index in [4.69, 9.17) is 4.74 Å². The number of carbonyl (C=O) groups excluding carboxylic acids is 1. The average molecular weight is 320 g/mol. The third-order valence-corrected chi connectivity index (χ3v) is 5.98. The molecule has 0 bridgehead atoms. The van der Waals surface area contributed by atoms with Crippen LogP contribution in [-0.2, 0) is 9.53 Å². The monoisotopic (exact) mass is 320 g/mol. The fraction of sp³-hybridized carbons (Fsp3) is 0.842. The first-order chi connectivity index (χ1) is 11.3. The Morgan fingerprint density at radius 2 is 1.96 bits per heavy atom. The van der Waals surface area contributed by atoms with E-state index in [2.05, 4.69) is 22.6 Å². The minimum absolute atomic E-state index is 0.0419. The molecule has 0 aromatic heterocycles. The van der Waals surface area contributed by atoms with Gasteiger partial charge in [0.05, 0.1) is 12.5 Å². The first kappa shape index (κ1) is 17.0. The van der Waals surface area contributed by atoms with Gasteiger partial charge < -0.3 is 4.74 Å². The third-order valence-electron chi connectivity index (χ3n) is 5.98. The highest BCUT2D eigenvalue weighted by Gasteiger charge is 2.59. The Balaban J connectivity index is 1.66. The van der Waals surface area contributed by atoms with Gasteiger partial charge in [-0.25, -0.2) is 5.01 Å². The lowest BCUT2D eigenvalue weighted by molar-refractivity contribution is -0.147. The van der Waals surface area contributed by atoms with Gasteiger partial charge in [-0.3, -0.25) is 10.2 Å². The molecule has 0 aromatic carbocycles. The molecule has 0 aromatic rings. The van der Waals surface area contributed by atoms with E-state index in [1.165, 1.54) is 58.5 Å². The van der Waals surface area contributed by atoms with Crippen LogP contribution in [0, 0.1) is 11.3 Å². The van der Waals surface area contributed by atoms with Crippen molar-refractivity contribution in [2.45, 2.75) is 70.3 Å². The molecule has 1 saturated heterocycles. The second kappa shape index (κ2) is 7.80. The van der Waals surface area contributed by atoms with Crippen molar-refractivity contribution in [1.82, 2.24) is 10.4 Å². The minimum atomic E-state index is -0.321. The number of nitrogens with one attached hydrogen (secondary N) is 1. The summed E-state index contributed by atoms with van der Waals surface area (Å²) in [6, 6.07) is 0.655. The van der Waals surface area contributed by atoms with Gasteiger partial charge in [-0.05, 0) is 44.4 Å². The molecular formula is C19H32N2O2. The van der Waals surface area contributed by atoms with E-state index in [0.29, 0.717) is 12.0 Å². The smallest absolute Gasteiger partial charge is 0.313 e. The summed E-state index contributed by atoms with van der Waals surface area (Å²) in [6.07, 6.45) is 17.2. The van der Waals surface area contributed by atoms with Gasteiger partial charge in [0.15, 0.2) is 0 Å². The van der Waals surface area contributed by atoms with E-state index < -0.39 is 0 Å². The van der Waals surface area contributed by atoms with Crippen molar-refractivity contribution >= 4 is 5.97 Å². The number of rotatable bonds is 1. The van der Waals surface area contributed by atoms with Gasteiger partial charge in [-0.2, -0.15) is 0 Å². The lowest BCUT2D eigenvalue weighted by Crippen LogP contribution is -2.46. The van der Waals surface area contributed by atoms with E-state index in [1.54, 1.807) is 0 Å². The van der Waals surface area contributed by atoms with Crippen molar-refractivity contribution in [1.29, 1.82) is 0 Å². The van der Waals surface area contributed by atoms with E-state index in [1.807, 2.05) is 0 Å². The molecule has 1 saturated carbocycles.